The summed E-state index contributed by atoms with van der Waals surface area (Å²) < 4.78 is 160. The molecule has 0 aliphatic carbocycles. The van der Waals surface area contributed by atoms with Crippen molar-refractivity contribution in [3.05, 3.63) is 0 Å². The molecule has 3 nitrogen and oxygen atoms in total. The van der Waals surface area contributed by atoms with Gasteiger partial charge in [-0.3, -0.25) is 0 Å². The van der Waals surface area contributed by atoms with E-state index in [1.54, 1.807) is 0 Å². The molecule has 0 atom stereocenters. The first-order valence-corrected chi connectivity index (χ1v) is 7.56. The molecule has 0 saturated heterocycles. The third-order valence-electron chi connectivity index (χ3n) is 3.02. The summed E-state index contributed by atoms with van der Waals surface area (Å²) in [6, 6.07) is 0. The van der Waals surface area contributed by atoms with Gasteiger partial charge in [-0.25, -0.2) is 8.42 Å². The molecule has 0 radical (unpaired) electrons. The van der Waals surface area contributed by atoms with Crippen LogP contribution in [0, 0.1) is 0 Å². The second kappa shape index (κ2) is 8.47. The van der Waals surface area contributed by atoms with Crippen molar-refractivity contribution in [1.29, 1.82) is 0 Å². The molecule has 146 valence electrons. The normalized spacial score (nSPS) is 15.0. The van der Waals surface area contributed by atoms with Crippen molar-refractivity contribution in [2.75, 3.05) is 0 Å². The van der Waals surface area contributed by atoms with Crippen LogP contribution in [0.5, 0.6) is 0 Å². The van der Waals surface area contributed by atoms with E-state index in [0.29, 0.717) is 0 Å². The maximum absolute atomic E-state index is 13.2. The summed E-state index contributed by atoms with van der Waals surface area (Å²) in [5.41, 5.74) is 0. The molecule has 0 aliphatic heterocycles. The van der Waals surface area contributed by atoms with Gasteiger partial charge < -0.3 is 4.55 Å². The number of alkyl halides is 10. The van der Waals surface area contributed by atoms with E-state index in [1.165, 1.54) is 6.92 Å². The second-order valence-corrected chi connectivity index (χ2v) is 6.28. The SMILES string of the molecule is CCCCCC(F)(F)C(F)(F)C(F)(F)C(F)(F)C(F)(F)S(=O)(=O)[O-].[K+]. The van der Waals surface area contributed by atoms with Crippen molar-refractivity contribution in [2.45, 2.75) is 61.6 Å². The smallest absolute Gasteiger partial charge is 0.743 e. The Morgan fingerprint density at radius 3 is 1.48 bits per heavy atom. The van der Waals surface area contributed by atoms with Crippen LogP contribution in [0.15, 0.2) is 0 Å². The standard InChI is InChI=1S/C10H12F10O3S.K/c1-2-3-4-5-6(11,12)7(13,14)8(15,16)9(17,18)10(19,20)24(21,22)23;/h2-5H2,1H3,(H,21,22,23);/q;+1/p-1. The first-order valence-electron chi connectivity index (χ1n) is 6.15. The molecular formula is C10H11F10KO3S. The van der Waals surface area contributed by atoms with Crippen LogP contribution in [0.4, 0.5) is 43.9 Å². The van der Waals surface area contributed by atoms with Crippen LogP contribution in [0.3, 0.4) is 0 Å². The number of unbranched alkanes of at least 4 members (excludes halogenated alkanes) is 2. The Bertz CT molecular complexity index is 549. The average Bonchev–Trinajstić information content (AvgIpc) is 2.36. The fourth-order valence-electron chi connectivity index (χ4n) is 1.52. The van der Waals surface area contributed by atoms with Crippen LogP contribution < -0.4 is 51.4 Å². The molecule has 0 aliphatic rings. The molecule has 0 unspecified atom stereocenters. The van der Waals surface area contributed by atoms with E-state index in [0.717, 1.165) is 0 Å². The Balaban J connectivity index is 0. The molecule has 0 fully saturated rings. The summed E-state index contributed by atoms with van der Waals surface area (Å²) >= 11 is 0. The Morgan fingerprint density at radius 2 is 1.16 bits per heavy atom. The quantitative estimate of drug-likeness (QED) is 0.235. The molecule has 0 amide bonds. The molecule has 0 aromatic carbocycles. The van der Waals surface area contributed by atoms with E-state index in [1.807, 2.05) is 0 Å². The van der Waals surface area contributed by atoms with Crippen molar-refractivity contribution >= 4 is 10.1 Å². The van der Waals surface area contributed by atoms with Crippen molar-refractivity contribution in [1.82, 2.24) is 0 Å². The zero-order valence-electron chi connectivity index (χ0n) is 12.7. The predicted octanol–water partition coefficient (Wildman–Crippen LogP) is 1.25. The fraction of sp³-hybridized carbons (Fsp3) is 1.00. The minimum atomic E-state index is -7.59. The van der Waals surface area contributed by atoms with E-state index in [9.17, 15) is 56.9 Å². The Hall–Kier alpha value is 0.846. The van der Waals surface area contributed by atoms with Gasteiger partial charge in [0.2, 0.25) is 0 Å². The Kier molecular flexibility index (Phi) is 9.50. The van der Waals surface area contributed by atoms with Gasteiger partial charge in [-0.1, -0.05) is 19.8 Å². The molecule has 25 heavy (non-hydrogen) atoms. The van der Waals surface area contributed by atoms with Gasteiger partial charge in [0.15, 0.2) is 10.1 Å². The molecule has 0 rings (SSSR count). The molecule has 0 bridgehead atoms. The minimum absolute atomic E-state index is 0. The molecule has 0 aromatic heterocycles. The van der Waals surface area contributed by atoms with E-state index >= 15 is 0 Å². The average molecular weight is 440 g/mol. The van der Waals surface area contributed by atoms with Gasteiger partial charge in [0.1, 0.15) is 0 Å². The van der Waals surface area contributed by atoms with Crippen molar-refractivity contribution in [3.8, 4) is 0 Å². The molecule has 0 spiro atoms. The molecule has 0 aromatic rings. The van der Waals surface area contributed by atoms with Crippen LogP contribution in [-0.2, 0) is 10.1 Å². The van der Waals surface area contributed by atoms with Gasteiger partial charge in [-0.05, 0) is 6.42 Å². The fourth-order valence-corrected chi connectivity index (χ4v) is 1.96. The third-order valence-corrected chi connectivity index (χ3v) is 3.91. The zero-order chi connectivity index (χ0) is 19.8. The minimum Gasteiger partial charge on any atom is -0.743 e. The van der Waals surface area contributed by atoms with Crippen LogP contribution >= 0.6 is 0 Å². The summed E-state index contributed by atoms with van der Waals surface area (Å²) in [6.07, 6.45) is -2.90. The van der Waals surface area contributed by atoms with Crippen LogP contribution in [0.2, 0.25) is 0 Å². The van der Waals surface area contributed by atoms with Crippen molar-refractivity contribution < 1.29 is 108 Å². The third kappa shape index (κ3) is 4.82. The summed E-state index contributed by atoms with van der Waals surface area (Å²) in [5, 5.41) is -7.24. The summed E-state index contributed by atoms with van der Waals surface area (Å²) in [6.45, 7) is 1.40. The summed E-state index contributed by atoms with van der Waals surface area (Å²) in [5.74, 6) is -28.0. The second-order valence-electron chi connectivity index (χ2n) is 4.86. The molecule has 15 heteroatoms. The number of hydrogen-bond acceptors (Lipinski definition) is 3. The van der Waals surface area contributed by atoms with E-state index in [2.05, 4.69) is 0 Å². The molecule has 0 saturated carbocycles. The van der Waals surface area contributed by atoms with E-state index in [-0.39, 0.29) is 64.2 Å². The number of hydrogen-bond donors (Lipinski definition) is 0. The maximum Gasteiger partial charge on any atom is 1.00 e. The molecule has 0 heterocycles. The van der Waals surface area contributed by atoms with Crippen molar-refractivity contribution in [3.63, 3.8) is 0 Å². The number of halogens is 10. The van der Waals surface area contributed by atoms with Gasteiger partial charge in [0.05, 0.1) is 0 Å². The Labute approximate surface area is 178 Å². The number of rotatable bonds is 9. The van der Waals surface area contributed by atoms with E-state index in [4.69, 9.17) is 0 Å². The van der Waals surface area contributed by atoms with Gasteiger partial charge in [-0.2, -0.15) is 43.9 Å². The summed E-state index contributed by atoms with van der Waals surface area (Å²) in [7, 11) is -7.56. The van der Waals surface area contributed by atoms with Gasteiger partial charge in [-0.15, -0.1) is 0 Å². The molecule has 0 N–H and O–H groups in total. The van der Waals surface area contributed by atoms with E-state index < -0.39 is 51.9 Å². The van der Waals surface area contributed by atoms with Gasteiger partial charge >= 0.3 is 80.3 Å². The van der Waals surface area contributed by atoms with Gasteiger partial charge in [0, 0.05) is 6.42 Å². The van der Waals surface area contributed by atoms with Crippen LogP contribution in [0.25, 0.3) is 0 Å². The summed E-state index contributed by atoms with van der Waals surface area (Å²) in [4.78, 5) is 0. The zero-order valence-corrected chi connectivity index (χ0v) is 16.7. The van der Waals surface area contributed by atoms with Gasteiger partial charge in [0.25, 0.3) is 0 Å². The van der Waals surface area contributed by atoms with Crippen LogP contribution in [-0.4, -0.2) is 41.9 Å². The van der Waals surface area contributed by atoms with Crippen LogP contribution in [0.1, 0.15) is 32.6 Å². The Morgan fingerprint density at radius 1 is 0.760 bits per heavy atom. The van der Waals surface area contributed by atoms with Crippen molar-refractivity contribution in [2.24, 2.45) is 0 Å². The predicted molar refractivity (Wildman–Crippen MR) is 58.6 cm³/mol. The first kappa shape index (κ1) is 28.1. The monoisotopic (exact) mass is 440 g/mol. The first-order chi connectivity index (χ1) is 10.3. The molecular weight excluding hydrogens is 429 g/mol. The largest absolute Gasteiger partial charge is 1.00 e. The topological polar surface area (TPSA) is 57.2 Å². The maximum atomic E-state index is 13.2.